The van der Waals surface area contributed by atoms with Crippen molar-refractivity contribution >= 4 is 11.6 Å². The molecular weight excluding hydrogens is 262 g/mol. The van der Waals surface area contributed by atoms with Crippen molar-refractivity contribution < 1.29 is 0 Å². The Labute approximate surface area is 118 Å². The van der Waals surface area contributed by atoms with E-state index in [1.54, 1.807) is 4.68 Å². The van der Waals surface area contributed by atoms with Gasteiger partial charge in [-0.15, -0.1) is 5.10 Å². The lowest BCUT2D eigenvalue weighted by Gasteiger charge is -2.15. The Kier molecular flexibility index (Phi) is 4.50. The third kappa shape index (κ3) is 3.52. The molecule has 2 aromatic rings. The first-order chi connectivity index (χ1) is 9.08. The first-order valence-electron chi connectivity index (χ1n) is 6.35. The Balaban J connectivity index is 2.22. The van der Waals surface area contributed by atoms with Gasteiger partial charge in [0.1, 0.15) is 0 Å². The number of aromatic nitrogens is 4. The summed E-state index contributed by atoms with van der Waals surface area (Å²) in [6, 6.07) is 7.57. The third-order valence-electron chi connectivity index (χ3n) is 2.77. The number of nitrogens with one attached hydrogen (secondary N) is 1. The molecule has 0 saturated carbocycles. The van der Waals surface area contributed by atoms with Crippen molar-refractivity contribution in [2.24, 2.45) is 5.92 Å². The summed E-state index contributed by atoms with van der Waals surface area (Å²) in [5, 5.41) is 16.0. The minimum Gasteiger partial charge on any atom is -0.307 e. The molecule has 1 unspecified atom stereocenters. The zero-order valence-electron chi connectivity index (χ0n) is 11.3. The van der Waals surface area contributed by atoms with Crippen LogP contribution in [0.15, 0.2) is 24.3 Å². The van der Waals surface area contributed by atoms with Crippen molar-refractivity contribution in [1.29, 1.82) is 0 Å². The maximum Gasteiger partial charge on any atom is 0.173 e. The summed E-state index contributed by atoms with van der Waals surface area (Å²) in [7, 11) is 0. The van der Waals surface area contributed by atoms with Crippen LogP contribution in [-0.4, -0.2) is 26.8 Å². The van der Waals surface area contributed by atoms with Gasteiger partial charge >= 0.3 is 0 Å². The van der Waals surface area contributed by atoms with Crippen LogP contribution < -0.4 is 5.32 Å². The summed E-state index contributed by atoms with van der Waals surface area (Å²) in [6.45, 7) is 7.30. The Morgan fingerprint density at radius 1 is 1.32 bits per heavy atom. The highest BCUT2D eigenvalue weighted by atomic mass is 35.5. The number of tetrazole rings is 1. The largest absolute Gasteiger partial charge is 0.307 e. The molecule has 1 heterocycles. The molecule has 0 saturated heterocycles. The van der Waals surface area contributed by atoms with Gasteiger partial charge in [-0.25, -0.2) is 0 Å². The molecule has 0 aliphatic carbocycles. The number of hydrogen-bond donors (Lipinski definition) is 1. The van der Waals surface area contributed by atoms with Crippen molar-refractivity contribution in [3.8, 4) is 5.69 Å². The Hall–Kier alpha value is -1.46. The summed E-state index contributed by atoms with van der Waals surface area (Å²) in [4.78, 5) is 0. The van der Waals surface area contributed by atoms with Crippen LogP contribution in [0.4, 0.5) is 0 Å². The number of rotatable bonds is 5. The van der Waals surface area contributed by atoms with Gasteiger partial charge in [0.25, 0.3) is 0 Å². The fraction of sp³-hybridized carbons (Fsp3) is 0.462. The molecule has 0 bridgehead atoms. The number of hydrogen-bond acceptors (Lipinski definition) is 4. The van der Waals surface area contributed by atoms with E-state index in [0.717, 1.165) is 18.1 Å². The van der Waals surface area contributed by atoms with Crippen LogP contribution in [-0.2, 0) is 0 Å². The zero-order chi connectivity index (χ0) is 13.8. The maximum atomic E-state index is 6.00. The summed E-state index contributed by atoms with van der Waals surface area (Å²) < 4.78 is 1.71. The molecule has 0 radical (unpaired) electrons. The molecule has 6 heteroatoms. The van der Waals surface area contributed by atoms with Gasteiger partial charge in [-0.1, -0.05) is 31.5 Å². The Morgan fingerprint density at radius 3 is 2.79 bits per heavy atom. The van der Waals surface area contributed by atoms with Crippen molar-refractivity contribution in [1.82, 2.24) is 25.5 Å². The van der Waals surface area contributed by atoms with Gasteiger partial charge in [-0.2, -0.15) is 4.68 Å². The third-order valence-corrected chi connectivity index (χ3v) is 3.00. The molecule has 1 atom stereocenters. The standard InChI is InChI=1S/C13H18ClN5/c1-9(2)8-15-10(3)13-16-17-18-19(13)12-6-4-5-11(14)7-12/h4-7,9-10,15H,8H2,1-3H3. The molecule has 1 aromatic heterocycles. The lowest BCUT2D eigenvalue weighted by atomic mass is 10.2. The molecule has 0 aliphatic rings. The minimum atomic E-state index is 0.0800. The average molecular weight is 280 g/mol. The van der Waals surface area contributed by atoms with E-state index >= 15 is 0 Å². The lowest BCUT2D eigenvalue weighted by Crippen LogP contribution is -2.25. The average Bonchev–Trinajstić information content (AvgIpc) is 2.85. The Bertz CT molecular complexity index is 537. The fourth-order valence-electron chi connectivity index (χ4n) is 1.76. The molecule has 102 valence electrons. The SMILES string of the molecule is CC(C)CNC(C)c1nnnn1-c1cccc(Cl)c1. The van der Waals surface area contributed by atoms with E-state index in [4.69, 9.17) is 11.6 Å². The fourth-order valence-corrected chi connectivity index (χ4v) is 1.94. The molecule has 5 nitrogen and oxygen atoms in total. The van der Waals surface area contributed by atoms with E-state index in [2.05, 4.69) is 41.6 Å². The van der Waals surface area contributed by atoms with Crippen molar-refractivity contribution in [2.45, 2.75) is 26.8 Å². The van der Waals surface area contributed by atoms with Gasteiger partial charge in [0.2, 0.25) is 0 Å². The van der Waals surface area contributed by atoms with Crippen LogP contribution in [0.3, 0.4) is 0 Å². The van der Waals surface area contributed by atoms with Crippen molar-refractivity contribution in [2.75, 3.05) is 6.54 Å². The molecule has 0 aliphatic heterocycles. The summed E-state index contributed by atoms with van der Waals surface area (Å²) in [5.41, 5.74) is 0.866. The van der Waals surface area contributed by atoms with Gasteiger partial charge in [0.15, 0.2) is 5.82 Å². The summed E-state index contributed by atoms with van der Waals surface area (Å²) in [5.74, 6) is 1.36. The van der Waals surface area contributed by atoms with Crippen LogP contribution in [0.5, 0.6) is 0 Å². The van der Waals surface area contributed by atoms with Gasteiger partial charge in [0.05, 0.1) is 11.7 Å². The van der Waals surface area contributed by atoms with Gasteiger partial charge < -0.3 is 5.32 Å². The molecule has 0 fully saturated rings. The topological polar surface area (TPSA) is 55.6 Å². The predicted octanol–water partition coefficient (Wildman–Crippen LogP) is 2.62. The molecule has 1 aromatic carbocycles. The molecular formula is C13H18ClN5. The zero-order valence-corrected chi connectivity index (χ0v) is 12.1. The van der Waals surface area contributed by atoms with E-state index in [1.807, 2.05) is 24.3 Å². The van der Waals surface area contributed by atoms with E-state index in [-0.39, 0.29) is 6.04 Å². The highest BCUT2D eigenvalue weighted by molar-refractivity contribution is 6.30. The quantitative estimate of drug-likeness (QED) is 0.914. The van der Waals surface area contributed by atoms with E-state index < -0.39 is 0 Å². The lowest BCUT2D eigenvalue weighted by molar-refractivity contribution is 0.475. The smallest absolute Gasteiger partial charge is 0.173 e. The second kappa shape index (κ2) is 6.12. The summed E-state index contributed by atoms with van der Waals surface area (Å²) >= 11 is 6.00. The molecule has 0 amide bonds. The molecule has 19 heavy (non-hydrogen) atoms. The molecule has 0 spiro atoms. The van der Waals surface area contributed by atoms with Crippen LogP contribution in [0.1, 0.15) is 32.6 Å². The number of benzene rings is 1. The highest BCUT2D eigenvalue weighted by Gasteiger charge is 2.15. The first kappa shape index (κ1) is 14.0. The van der Waals surface area contributed by atoms with Crippen LogP contribution in [0.2, 0.25) is 5.02 Å². The van der Waals surface area contributed by atoms with E-state index in [0.29, 0.717) is 10.9 Å². The maximum absolute atomic E-state index is 6.00. The van der Waals surface area contributed by atoms with Crippen LogP contribution in [0.25, 0.3) is 5.69 Å². The second-order valence-corrected chi connectivity index (χ2v) is 5.39. The highest BCUT2D eigenvalue weighted by Crippen LogP contribution is 2.17. The normalized spacial score (nSPS) is 12.9. The second-order valence-electron chi connectivity index (χ2n) is 4.95. The number of nitrogens with zero attached hydrogens (tertiary/aromatic N) is 4. The predicted molar refractivity (Wildman–Crippen MR) is 75.4 cm³/mol. The monoisotopic (exact) mass is 279 g/mol. The van der Waals surface area contributed by atoms with Gasteiger partial charge in [-0.05, 0) is 48.0 Å². The van der Waals surface area contributed by atoms with Crippen molar-refractivity contribution in [3.63, 3.8) is 0 Å². The van der Waals surface area contributed by atoms with Crippen LogP contribution in [0, 0.1) is 5.92 Å². The van der Waals surface area contributed by atoms with E-state index in [1.165, 1.54) is 0 Å². The van der Waals surface area contributed by atoms with Gasteiger partial charge in [-0.3, -0.25) is 0 Å². The number of halogens is 1. The van der Waals surface area contributed by atoms with Crippen molar-refractivity contribution in [3.05, 3.63) is 35.1 Å². The first-order valence-corrected chi connectivity index (χ1v) is 6.73. The minimum absolute atomic E-state index is 0.0800. The van der Waals surface area contributed by atoms with E-state index in [9.17, 15) is 0 Å². The Morgan fingerprint density at radius 2 is 2.11 bits per heavy atom. The molecule has 2 rings (SSSR count). The summed E-state index contributed by atoms with van der Waals surface area (Å²) in [6.07, 6.45) is 0. The van der Waals surface area contributed by atoms with Gasteiger partial charge in [0, 0.05) is 5.02 Å². The van der Waals surface area contributed by atoms with Crippen LogP contribution >= 0.6 is 11.6 Å². The molecule has 1 N–H and O–H groups in total.